The Bertz CT molecular complexity index is 900. The van der Waals surface area contributed by atoms with E-state index in [1.807, 2.05) is 54.6 Å². The summed E-state index contributed by atoms with van der Waals surface area (Å²) >= 11 is 5.98. The maximum atomic E-state index is 6.06. The van der Waals surface area contributed by atoms with Crippen LogP contribution in [0.15, 0.2) is 54.6 Å². The maximum Gasteiger partial charge on any atom is 0.244 e. The van der Waals surface area contributed by atoms with E-state index in [-0.39, 0.29) is 0 Å². The number of hydrogen-bond acceptors (Lipinski definition) is 6. The van der Waals surface area contributed by atoms with Gasteiger partial charge in [0.15, 0.2) is 11.5 Å². The molecule has 0 saturated carbocycles. The van der Waals surface area contributed by atoms with E-state index in [0.29, 0.717) is 29.0 Å². The fraction of sp³-hybridized carbons (Fsp3) is 0.286. The molecule has 6 nitrogen and oxygen atoms in total. The summed E-state index contributed by atoms with van der Waals surface area (Å²) in [6, 6.07) is 17.2. The van der Waals surface area contributed by atoms with Gasteiger partial charge in [0.1, 0.15) is 6.61 Å². The summed E-state index contributed by atoms with van der Waals surface area (Å²) in [7, 11) is 0. The van der Waals surface area contributed by atoms with Gasteiger partial charge in [-0.05, 0) is 24.3 Å². The van der Waals surface area contributed by atoms with Crippen molar-refractivity contribution in [2.45, 2.75) is 0 Å². The third-order valence-electron chi connectivity index (χ3n) is 4.55. The van der Waals surface area contributed by atoms with Crippen molar-refractivity contribution in [1.82, 2.24) is 20.1 Å². The fourth-order valence-electron chi connectivity index (χ4n) is 3.01. The molecule has 0 atom stereocenters. The molecule has 7 heteroatoms. The van der Waals surface area contributed by atoms with Crippen LogP contribution < -0.4 is 4.74 Å². The molecule has 2 aromatic carbocycles. The second-order valence-corrected chi connectivity index (χ2v) is 6.90. The Morgan fingerprint density at radius 1 is 0.929 bits per heavy atom. The van der Waals surface area contributed by atoms with Gasteiger partial charge in [-0.2, -0.15) is 4.98 Å². The molecule has 1 saturated heterocycles. The zero-order chi connectivity index (χ0) is 19.2. The predicted molar refractivity (Wildman–Crippen MR) is 108 cm³/mol. The van der Waals surface area contributed by atoms with Crippen molar-refractivity contribution in [2.24, 2.45) is 0 Å². The van der Waals surface area contributed by atoms with E-state index in [2.05, 4.69) is 20.1 Å². The Morgan fingerprint density at radius 2 is 1.68 bits per heavy atom. The Kier molecular flexibility index (Phi) is 6.11. The quantitative estimate of drug-likeness (QED) is 0.634. The molecule has 1 aliphatic rings. The lowest BCUT2D eigenvalue weighted by molar-refractivity contribution is 0.0320. The molecule has 0 radical (unpaired) electrons. The Hall–Kier alpha value is -2.54. The zero-order valence-corrected chi connectivity index (χ0v) is 16.2. The molecule has 2 heterocycles. The Balaban J connectivity index is 1.58. The van der Waals surface area contributed by atoms with Gasteiger partial charge in [-0.15, -0.1) is 10.2 Å². The van der Waals surface area contributed by atoms with Gasteiger partial charge >= 0.3 is 0 Å². The fourth-order valence-corrected chi connectivity index (χ4v) is 3.13. The van der Waals surface area contributed by atoms with Gasteiger partial charge in [0.25, 0.3) is 0 Å². The number of ether oxygens (including phenoxy) is 2. The first-order valence-electron chi connectivity index (χ1n) is 9.28. The average Bonchev–Trinajstić information content (AvgIpc) is 2.76. The van der Waals surface area contributed by atoms with Crippen LogP contribution in [0.5, 0.6) is 5.88 Å². The highest BCUT2D eigenvalue weighted by Crippen LogP contribution is 2.28. The second kappa shape index (κ2) is 9.10. The SMILES string of the molecule is Clc1ccc(-c2nnc(-c3ccccc3)c(OCCN3CCOCC3)n2)cc1. The third-order valence-corrected chi connectivity index (χ3v) is 4.81. The number of hydrogen-bond donors (Lipinski definition) is 0. The van der Waals surface area contributed by atoms with Crippen LogP contribution >= 0.6 is 11.6 Å². The van der Waals surface area contributed by atoms with Crippen molar-refractivity contribution in [3.8, 4) is 28.5 Å². The van der Waals surface area contributed by atoms with Crippen LogP contribution in [-0.4, -0.2) is 59.5 Å². The molecule has 3 aromatic rings. The molecule has 4 rings (SSSR count). The number of aromatic nitrogens is 3. The highest BCUT2D eigenvalue weighted by atomic mass is 35.5. The first-order valence-corrected chi connectivity index (χ1v) is 9.66. The lowest BCUT2D eigenvalue weighted by atomic mass is 10.1. The smallest absolute Gasteiger partial charge is 0.244 e. The van der Waals surface area contributed by atoms with Crippen molar-refractivity contribution in [3.05, 3.63) is 59.6 Å². The third kappa shape index (κ3) is 4.65. The number of rotatable bonds is 6. The van der Waals surface area contributed by atoms with Gasteiger partial charge in [-0.1, -0.05) is 41.9 Å². The van der Waals surface area contributed by atoms with Crippen molar-refractivity contribution >= 4 is 11.6 Å². The van der Waals surface area contributed by atoms with Gasteiger partial charge in [0.2, 0.25) is 5.88 Å². The lowest BCUT2D eigenvalue weighted by Gasteiger charge is -2.26. The Morgan fingerprint density at radius 3 is 2.43 bits per heavy atom. The van der Waals surface area contributed by atoms with E-state index >= 15 is 0 Å². The summed E-state index contributed by atoms with van der Waals surface area (Å²) < 4.78 is 11.4. The molecule has 1 aliphatic heterocycles. The van der Waals surface area contributed by atoms with Crippen molar-refractivity contribution in [2.75, 3.05) is 39.5 Å². The van der Waals surface area contributed by atoms with Gasteiger partial charge in [0.05, 0.1) is 13.2 Å². The molecule has 0 N–H and O–H groups in total. The zero-order valence-electron chi connectivity index (χ0n) is 15.4. The molecule has 0 aliphatic carbocycles. The molecular formula is C21H21ClN4O2. The largest absolute Gasteiger partial charge is 0.475 e. The number of halogens is 1. The van der Waals surface area contributed by atoms with Crippen molar-refractivity contribution in [3.63, 3.8) is 0 Å². The molecule has 0 amide bonds. The molecule has 144 valence electrons. The minimum Gasteiger partial charge on any atom is -0.475 e. The Labute approximate surface area is 169 Å². The van der Waals surface area contributed by atoms with E-state index in [4.69, 9.17) is 21.1 Å². The molecule has 0 unspecified atom stereocenters. The standard InChI is InChI=1S/C21H21ClN4O2/c22-18-8-6-17(7-9-18)20-23-21(28-15-12-26-10-13-27-14-11-26)19(24-25-20)16-4-2-1-3-5-16/h1-9H,10-15H2. The molecule has 1 aromatic heterocycles. The summed E-state index contributed by atoms with van der Waals surface area (Å²) in [6.45, 7) is 4.73. The number of nitrogens with zero attached hydrogens (tertiary/aromatic N) is 4. The first-order chi connectivity index (χ1) is 13.8. The van der Waals surface area contributed by atoms with Crippen LogP contribution in [0.4, 0.5) is 0 Å². The topological polar surface area (TPSA) is 60.4 Å². The van der Waals surface area contributed by atoms with Crippen LogP contribution in [0.1, 0.15) is 0 Å². The lowest BCUT2D eigenvalue weighted by Crippen LogP contribution is -2.38. The highest BCUT2D eigenvalue weighted by molar-refractivity contribution is 6.30. The van der Waals surface area contributed by atoms with Gasteiger partial charge in [-0.25, -0.2) is 0 Å². The van der Waals surface area contributed by atoms with Crippen LogP contribution in [0.25, 0.3) is 22.6 Å². The van der Waals surface area contributed by atoms with Crippen LogP contribution in [0.3, 0.4) is 0 Å². The van der Waals surface area contributed by atoms with Crippen LogP contribution in [0, 0.1) is 0 Å². The molecule has 0 bridgehead atoms. The van der Waals surface area contributed by atoms with Crippen LogP contribution in [0.2, 0.25) is 5.02 Å². The minimum absolute atomic E-state index is 0.486. The van der Waals surface area contributed by atoms with E-state index < -0.39 is 0 Å². The van der Waals surface area contributed by atoms with E-state index in [1.54, 1.807) is 0 Å². The molecule has 0 spiro atoms. The van der Waals surface area contributed by atoms with Crippen LogP contribution in [-0.2, 0) is 4.74 Å². The summed E-state index contributed by atoms with van der Waals surface area (Å²) in [6.07, 6.45) is 0. The summed E-state index contributed by atoms with van der Waals surface area (Å²) in [4.78, 5) is 6.97. The van der Waals surface area contributed by atoms with E-state index in [0.717, 1.165) is 44.0 Å². The number of benzene rings is 2. The monoisotopic (exact) mass is 396 g/mol. The minimum atomic E-state index is 0.486. The molecule has 28 heavy (non-hydrogen) atoms. The van der Waals surface area contributed by atoms with E-state index in [9.17, 15) is 0 Å². The molecule has 1 fully saturated rings. The highest BCUT2D eigenvalue weighted by Gasteiger charge is 2.15. The van der Waals surface area contributed by atoms with E-state index in [1.165, 1.54) is 0 Å². The van der Waals surface area contributed by atoms with Gasteiger partial charge in [0, 0.05) is 35.8 Å². The predicted octanol–water partition coefficient (Wildman–Crippen LogP) is 3.57. The summed E-state index contributed by atoms with van der Waals surface area (Å²) in [5.74, 6) is 0.997. The normalized spacial score (nSPS) is 14.8. The van der Waals surface area contributed by atoms with Gasteiger partial charge in [-0.3, -0.25) is 4.90 Å². The number of morpholine rings is 1. The first kappa shape index (κ1) is 18.8. The second-order valence-electron chi connectivity index (χ2n) is 6.46. The van der Waals surface area contributed by atoms with Crippen molar-refractivity contribution in [1.29, 1.82) is 0 Å². The summed E-state index contributed by atoms with van der Waals surface area (Å²) in [5, 5.41) is 9.38. The summed E-state index contributed by atoms with van der Waals surface area (Å²) in [5.41, 5.74) is 2.40. The van der Waals surface area contributed by atoms with Gasteiger partial charge < -0.3 is 9.47 Å². The maximum absolute atomic E-state index is 6.06. The van der Waals surface area contributed by atoms with Crippen molar-refractivity contribution < 1.29 is 9.47 Å². The average molecular weight is 397 g/mol. The molecular weight excluding hydrogens is 376 g/mol.